The lowest BCUT2D eigenvalue weighted by Crippen LogP contribution is -2.30. The van der Waals surface area contributed by atoms with E-state index in [1.807, 2.05) is 18.3 Å². The van der Waals surface area contributed by atoms with Gasteiger partial charge in [-0.05, 0) is 37.7 Å². The first kappa shape index (κ1) is 12.8. The van der Waals surface area contributed by atoms with Gasteiger partial charge >= 0.3 is 0 Å². The summed E-state index contributed by atoms with van der Waals surface area (Å²) in [5, 5.41) is 1.12. The highest BCUT2D eigenvalue weighted by Gasteiger charge is 2.20. The van der Waals surface area contributed by atoms with E-state index >= 15 is 0 Å². The van der Waals surface area contributed by atoms with Gasteiger partial charge in [-0.25, -0.2) is 0 Å². The van der Waals surface area contributed by atoms with E-state index in [1.165, 1.54) is 5.56 Å². The van der Waals surface area contributed by atoms with Gasteiger partial charge in [-0.3, -0.25) is 4.98 Å². The largest absolute Gasteiger partial charge is 0.543 e. The standard InChI is InChI=1S/C15H19NOSi/c1-5-7-13-10-9-12-8-6-11-16-14(12)15(13)17-18(2,3)4/h5-6,8-11H,1,7H2,2-4H3. The number of benzene rings is 1. The van der Waals surface area contributed by atoms with E-state index in [1.54, 1.807) is 0 Å². The summed E-state index contributed by atoms with van der Waals surface area (Å²) < 4.78 is 6.23. The monoisotopic (exact) mass is 257 g/mol. The number of aromatic nitrogens is 1. The van der Waals surface area contributed by atoms with Crippen LogP contribution in [0, 0.1) is 0 Å². The maximum Gasteiger partial charge on any atom is 0.242 e. The van der Waals surface area contributed by atoms with Gasteiger partial charge in [-0.2, -0.15) is 0 Å². The Kier molecular flexibility index (Phi) is 3.52. The molecule has 0 radical (unpaired) electrons. The second-order valence-corrected chi connectivity index (χ2v) is 9.77. The molecule has 3 heteroatoms. The highest BCUT2D eigenvalue weighted by molar-refractivity contribution is 6.70. The van der Waals surface area contributed by atoms with Crippen LogP contribution in [0.3, 0.4) is 0 Å². The summed E-state index contributed by atoms with van der Waals surface area (Å²) in [5.74, 6) is 0.937. The van der Waals surface area contributed by atoms with Gasteiger partial charge in [0.15, 0.2) is 0 Å². The molecule has 0 saturated carbocycles. The van der Waals surface area contributed by atoms with Crippen LogP contribution < -0.4 is 4.43 Å². The second-order valence-electron chi connectivity index (χ2n) is 5.34. The van der Waals surface area contributed by atoms with E-state index in [-0.39, 0.29) is 0 Å². The van der Waals surface area contributed by atoms with Crippen LogP contribution in [0.25, 0.3) is 10.9 Å². The van der Waals surface area contributed by atoms with Crippen LogP contribution in [-0.2, 0) is 6.42 Å². The predicted octanol–water partition coefficient (Wildman–Crippen LogP) is 4.18. The normalized spacial score (nSPS) is 11.5. The Hall–Kier alpha value is -1.61. The molecule has 18 heavy (non-hydrogen) atoms. The Morgan fingerprint density at radius 1 is 1.28 bits per heavy atom. The van der Waals surface area contributed by atoms with Crippen molar-refractivity contribution in [2.24, 2.45) is 0 Å². The minimum atomic E-state index is -1.65. The Morgan fingerprint density at radius 3 is 2.72 bits per heavy atom. The smallest absolute Gasteiger partial charge is 0.242 e. The molecule has 1 heterocycles. The van der Waals surface area contributed by atoms with E-state index in [0.29, 0.717) is 0 Å². The molecule has 0 fully saturated rings. The fourth-order valence-electron chi connectivity index (χ4n) is 1.90. The van der Waals surface area contributed by atoms with E-state index in [2.05, 4.69) is 49.4 Å². The average Bonchev–Trinajstić information content (AvgIpc) is 2.31. The van der Waals surface area contributed by atoms with Crippen molar-refractivity contribution in [3.8, 4) is 5.75 Å². The number of fused-ring (bicyclic) bond motifs is 1. The number of pyridine rings is 1. The van der Waals surface area contributed by atoms with Crippen molar-refractivity contribution in [1.29, 1.82) is 0 Å². The summed E-state index contributed by atoms with van der Waals surface area (Å²) in [6.07, 6.45) is 4.53. The maximum atomic E-state index is 6.23. The minimum absolute atomic E-state index is 0.812. The topological polar surface area (TPSA) is 22.1 Å². The first-order valence-electron chi connectivity index (χ1n) is 6.18. The fourth-order valence-corrected chi connectivity index (χ4v) is 2.74. The van der Waals surface area contributed by atoms with Crippen LogP contribution >= 0.6 is 0 Å². The molecule has 0 unspecified atom stereocenters. The van der Waals surface area contributed by atoms with Crippen molar-refractivity contribution in [3.63, 3.8) is 0 Å². The zero-order valence-electron chi connectivity index (χ0n) is 11.2. The third-order valence-electron chi connectivity index (χ3n) is 2.58. The fraction of sp³-hybridized carbons (Fsp3) is 0.267. The number of rotatable bonds is 4. The average molecular weight is 257 g/mol. The van der Waals surface area contributed by atoms with Crippen LogP contribution in [0.2, 0.25) is 19.6 Å². The van der Waals surface area contributed by atoms with Gasteiger partial charge in [-0.1, -0.05) is 24.3 Å². The molecule has 1 aromatic heterocycles. The molecule has 94 valence electrons. The van der Waals surface area contributed by atoms with Gasteiger partial charge in [-0.15, -0.1) is 6.58 Å². The molecule has 2 aromatic rings. The van der Waals surface area contributed by atoms with Crippen LogP contribution in [0.5, 0.6) is 5.75 Å². The van der Waals surface area contributed by atoms with Gasteiger partial charge in [0.25, 0.3) is 0 Å². The Balaban J connectivity index is 2.62. The molecule has 0 spiro atoms. The van der Waals surface area contributed by atoms with E-state index in [4.69, 9.17) is 4.43 Å². The zero-order chi connectivity index (χ0) is 13.2. The highest BCUT2D eigenvalue weighted by atomic mass is 28.4. The van der Waals surface area contributed by atoms with E-state index < -0.39 is 8.32 Å². The molecule has 0 aliphatic heterocycles. The second kappa shape index (κ2) is 4.94. The molecule has 2 rings (SSSR count). The zero-order valence-corrected chi connectivity index (χ0v) is 12.2. The van der Waals surface area contributed by atoms with Crippen LogP contribution in [0.15, 0.2) is 43.1 Å². The third-order valence-corrected chi connectivity index (χ3v) is 3.40. The summed E-state index contributed by atoms with van der Waals surface area (Å²) in [7, 11) is -1.65. The van der Waals surface area contributed by atoms with Gasteiger partial charge in [0.1, 0.15) is 11.3 Å². The number of hydrogen-bond acceptors (Lipinski definition) is 2. The molecule has 0 atom stereocenters. The Bertz CT molecular complexity index is 572. The Labute approximate surface area is 109 Å². The molecule has 0 saturated heterocycles. The molecule has 0 bridgehead atoms. The van der Waals surface area contributed by atoms with Crippen LogP contribution in [-0.4, -0.2) is 13.3 Å². The lowest BCUT2D eigenvalue weighted by Gasteiger charge is -2.22. The van der Waals surface area contributed by atoms with Gasteiger partial charge < -0.3 is 4.43 Å². The van der Waals surface area contributed by atoms with E-state index in [0.717, 1.165) is 23.1 Å². The molecule has 0 N–H and O–H groups in total. The van der Waals surface area contributed by atoms with Crippen molar-refractivity contribution in [2.75, 3.05) is 0 Å². The summed E-state index contributed by atoms with van der Waals surface area (Å²) in [6, 6.07) is 8.23. The Morgan fingerprint density at radius 2 is 2.06 bits per heavy atom. The molecule has 2 nitrogen and oxygen atoms in total. The van der Waals surface area contributed by atoms with Crippen LogP contribution in [0.4, 0.5) is 0 Å². The molecule has 0 aliphatic carbocycles. The van der Waals surface area contributed by atoms with Gasteiger partial charge in [0.2, 0.25) is 8.32 Å². The molecule has 1 aromatic carbocycles. The van der Waals surface area contributed by atoms with Crippen molar-refractivity contribution < 1.29 is 4.43 Å². The van der Waals surface area contributed by atoms with E-state index in [9.17, 15) is 0 Å². The summed E-state index contributed by atoms with van der Waals surface area (Å²) >= 11 is 0. The SMILES string of the molecule is C=CCc1ccc2cccnc2c1O[Si](C)(C)C. The van der Waals surface area contributed by atoms with Crippen molar-refractivity contribution >= 4 is 19.2 Å². The minimum Gasteiger partial charge on any atom is -0.543 e. The van der Waals surface area contributed by atoms with Crippen LogP contribution in [0.1, 0.15) is 5.56 Å². The maximum absolute atomic E-state index is 6.23. The summed E-state index contributed by atoms with van der Waals surface area (Å²) in [6.45, 7) is 10.4. The predicted molar refractivity (Wildman–Crippen MR) is 79.6 cm³/mol. The third kappa shape index (κ3) is 2.79. The molecule has 0 amide bonds. The summed E-state index contributed by atoms with van der Waals surface area (Å²) in [5.41, 5.74) is 2.12. The lowest BCUT2D eigenvalue weighted by molar-refractivity contribution is 0.556. The number of nitrogens with zero attached hydrogens (tertiary/aromatic N) is 1. The van der Waals surface area contributed by atoms with Crippen molar-refractivity contribution in [2.45, 2.75) is 26.1 Å². The van der Waals surface area contributed by atoms with Crippen molar-refractivity contribution in [1.82, 2.24) is 4.98 Å². The van der Waals surface area contributed by atoms with Gasteiger partial charge in [0, 0.05) is 11.6 Å². The number of allylic oxidation sites excluding steroid dienone is 1. The van der Waals surface area contributed by atoms with Crippen molar-refractivity contribution in [3.05, 3.63) is 48.7 Å². The lowest BCUT2D eigenvalue weighted by atomic mass is 10.1. The quantitative estimate of drug-likeness (QED) is 0.605. The summed E-state index contributed by atoms with van der Waals surface area (Å²) in [4.78, 5) is 4.47. The van der Waals surface area contributed by atoms with Gasteiger partial charge in [0.05, 0.1) is 0 Å². The first-order valence-corrected chi connectivity index (χ1v) is 9.58. The highest BCUT2D eigenvalue weighted by Crippen LogP contribution is 2.30. The molecular weight excluding hydrogens is 238 g/mol. The molecular formula is C15H19NOSi. The number of hydrogen-bond donors (Lipinski definition) is 0. The molecule has 0 aliphatic rings. The first-order chi connectivity index (χ1) is 8.51.